The summed E-state index contributed by atoms with van der Waals surface area (Å²) in [5.74, 6) is -3.11. The Bertz CT molecular complexity index is 1620. The number of hydrogen-bond acceptors (Lipinski definition) is 7. The van der Waals surface area contributed by atoms with E-state index in [-0.39, 0.29) is 36.7 Å². The fraction of sp³-hybridized carbons (Fsp3) is 0.389. The van der Waals surface area contributed by atoms with Crippen LogP contribution in [0.5, 0.6) is 0 Å². The first-order chi connectivity index (χ1) is 22.4. The summed E-state index contributed by atoms with van der Waals surface area (Å²) in [6.45, 7) is 5.72. The Hall–Kier alpha value is -4.51. The van der Waals surface area contributed by atoms with Crippen LogP contribution >= 0.6 is 11.8 Å². The zero-order chi connectivity index (χ0) is 33.7. The molecular formula is C36H41N3O7S. The molecule has 1 unspecified atom stereocenters. The number of nitrogens with one attached hydrogen (secondary N) is 1. The zero-order valence-electron chi connectivity index (χ0n) is 26.8. The lowest BCUT2D eigenvalue weighted by atomic mass is 9.79. The van der Waals surface area contributed by atoms with Crippen molar-refractivity contribution in [3.05, 3.63) is 78.4 Å². The summed E-state index contributed by atoms with van der Waals surface area (Å²) < 4.78 is 5.70. The van der Waals surface area contributed by atoms with Crippen LogP contribution in [-0.4, -0.2) is 76.1 Å². The average molecular weight is 660 g/mol. The summed E-state index contributed by atoms with van der Waals surface area (Å²) in [6.07, 6.45) is 1.75. The van der Waals surface area contributed by atoms with Crippen molar-refractivity contribution in [2.45, 2.75) is 62.5 Å². The van der Waals surface area contributed by atoms with Gasteiger partial charge in [-0.25, -0.2) is 4.79 Å². The van der Waals surface area contributed by atoms with Gasteiger partial charge in [-0.1, -0.05) is 54.6 Å². The van der Waals surface area contributed by atoms with Gasteiger partial charge in [-0.3, -0.25) is 14.4 Å². The van der Waals surface area contributed by atoms with E-state index in [0.29, 0.717) is 29.2 Å². The van der Waals surface area contributed by atoms with Crippen LogP contribution in [0.25, 0.3) is 11.1 Å². The minimum atomic E-state index is -1.07. The molecule has 10 nitrogen and oxygen atoms in total. The van der Waals surface area contributed by atoms with E-state index >= 15 is 0 Å². The lowest BCUT2D eigenvalue weighted by Gasteiger charge is -2.40. The predicted molar refractivity (Wildman–Crippen MR) is 182 cm³/mol. The number of thioether (sulfide) groups is 1. The molecule has 1 heterocycles. The van der Waals surface area contributed by atoms with Gasteiger partial charge in [-0.05, 0) is 80.8 Å². The number of nitrogens with zero attached hydrogens (tertiary/aromatic N) is 2. The Labute approximate surface area is 279 Å². The van der Waals surface area contributed by atoms with Crippen LogP contribution in [0.3, 0.4) is 0 Å². The van der Waals surface area contributed by atoms with E-state index < -0.39 is 29.6 Å². The number of benzene rings is 3. The number of likely N-dealkylation sites (tertiary alicyclic amines) is 1. The first kappa shape index (κ1) is 33.8. The van der Waals surface area contributed by atoms with Gasteiger partial charge in [0.15, 0.2) is 0 Å². The van der Waals surface area contributed by atoms with E-state index in [1.165, 1.54) is 0 Å². The predicted octanol–water partition coefficient (Wildman–Crippen LogP) is 6.56. The average Bonchev–Trinajstić information content (AvgIpc) is 3.88. The maximum atomic E-state index is 14.8. The van der Waals surface area contributed by atoms with Crippen molar-refractivity contribution in [2.75, 3.05) is 35.6 Å². The molecular weight excluding hydrogens is 618 g/mol. The molecule has 1 aliphatic heterocycles. The number of anilines is 2. The Morgan fingerprint density at radius 2 is 1.64 bits per heavy atom. The van der Waals surface area contributed by atoms with Crippen LogP contribution in [0, 0.1) is 5.92 Å². The second-order valence-electron chi connectivity index (χ2n) is 13.0. The standard InChI is InChI=1S/C36H41N3O7S/c1-36(2,3)46-35(45)38-17-16-28(25-11-7-10-24(18-25)23-8-5-4-6-9-23)29(21-38)34(44)39(26-12-13-26)27-14-15-31(47-22-33(42)43)30(19-27)37-20-32(40)41/h4-11,14-15,18-19,26,28-29,37H,12-13,16-17,20-22H2,1-3H3,(H,40,41)(H,42,43)/t28-,29?/m1/s1. The van der Waals surface area contributed by atoms with Crippen LogP contribution in [0.4, 0.5) is 16.2 Å². The number of carbonyl (C=O) groups is 4. The quantitative estimate of drug-likeness (QED) is 0.196. The highest BCUT2D eigenvalue weighted by Gasteiger charge is 2.44. The van der Waals surface area contributed by atoms with Crippen LogP contribution in [0.1, 0.15) is 51.5 Å². The van der Waals surface area contributed by atoms with Gasteiger partial charge in [0.1, 0.15) is 12.1 Å². The zero-order valence-corrected chi connectivity index (χ0v) is 27.7. The molecule has 1 aliphatic carbocycles. The highest BCUT2D eigenvalue weighted by atomic mass is 32.2. The Balaban J connectivity index is 1.51. The summed E-state index contributed by atoms with van der Waals surface area (Å²) in [5.41, 5.74) is 3.50. The maximum Gasteiger partial charge on any atom is 0.410 e. The fourth-order valence-electron chi connectivity index (χ4n) is 5.94. The summed E-state index contributed by atoms with van der Waals surface area (Å²) in [5, 5.41) is 21.4. The van der Waals surface area contributed by atoms with E-state index in [4.69, 9.17) is 4.74 Å². The van der Waals surface area contributed by atoms with Gasteiger partial charge in [0, 0.05) is 29.7 Å². The van der Waals surface area contributed by atoms with Gasteiger partial charge in [0.2, 0.25) is 5.91 Å². The molecule has 11 heteroatoms. The van der Waals surface area contributed by atoms with Crippen molar-refractivity contribution in [1.82, 2.24) is 4.90 Å². The van der Waals surface area contributed by atoms with Crippen LogP contribution in [0.2, 0.25) is 0 Å². The normalized spacial score (nSPS) is 17.9. The lowest BCUT2D eigenvalue weighted by Crippen LogP contribution is -2.51. The molecule has 0 spiro atoms. The summed E-state index contributed by atoms with van der Waals surface area (Å²) in [6, 6.07) is 23.5. The SMILES string of the molecule is CC(C)(C)OC(=O)N1CC[C@H](c2cccc(-c3ccccc3)c2)C(C(=O)N(c2ccc(SCC(=O)O)c(NCC(=O)O)c2)C2CC2)C1. The van der Waals surface area contributed by atoms with E-state index in [0.717, 1.165) is 41.3 Å². The minimum Gasteiger partial charge on any atom is -0.481 e. The smallest absolute Gasteiger partial charge is 0.410 e. The van der Waals surface area contributed by atoms with Crippen LogP contribution < -0.4 is 10.2 Å². The first-order valence-corrected chi connectivity index (χ1v) is 16.8. The highest BCUT2D eigenvalue weighted by Crippen LogP contribution is 2.42. The molecule has 1 saturated heterocycles. The van der Waals surface area contributed by atoms with Gasteiger partial charge >= 0.3 is 18.0 Å². The van der Waals surface area contributed by atoms with Crippen molar-refractivity contribution in [2.24, 2.45) is 5.92 Å². The number of ether oxygens (including phenoxy) is 1. The molecule has 0 aromatic heterocycles. The van der Waals surface area contributed by atoms with Gasteiger partial charge in [0.25, 0.3) is 0 Å². The number of hydrogen-bond donors (Lipinski definition) is 3. The molecule has 2 aliphatic rings. The van der Waals surface area contributed by atoms with Crippen LogP contribution in [0.15, 0.2) is 77.7 Å². The van der Waals surface area contributed by atoms with Gasteiger partial charge in [-0.2, -0.15) is 0 Å². The number of carboxylic acids is 2. The second kappa shape index (κ2) is 14.5. The summed E-state index contributed by atoms with van der Waals surface area (Å²) in [7, 11) is 0. The Morgan fingerprint density at radius 1 is 0.915 bits per heavy atom. The molecule has 5 rings (SSSR count). The van der Waals surface area contributed by atoms with Gasteiger partial charge in [-0.15, -0.1) is 11.8 Å². The third-order valence-electron chi connectivity index (χ3n) is 8.18. The molecule has 0 radical (unpaired) electrons. The monoisotopic (exact) mass is 659 g/mol. The lowest BCUT2D eigenvalue weighted by molar-refractivity contribution is -0.135. The largest absolute Gasteiger partial charge is 0.481 e. The van der Waals surface area contributed by atoms with Crippen molar-refractivity contribution < 1.29 is 34.1 Å². The van der Waals surface area contributed by atoms with Crippen molar-refractivity contribution in [3.63, 3.8) is 0 Å². The Morgan fingerprint density at radius 3 is 2.30 bits per heavy atom. The molecule has 2 atom stereocenters. The molecule has 3 aromatic rings. The minimum absolute atomic E-state index is 0.0412. The highest BCUT2D eigenvalue weighted by molar-refractivity contribution is 8.00. The first-order valence-electron chi connectivity index (χ1n) is 15.8. The summed E-state index contributed by atoms with van der Waals surface area (Å²) >= 11 is 1.08. The third-order valence-corrected chi connectivity index (χ3v) is 9.23. The van der Waals surface area contributed by atoms with Gasteiger partial charge in [0.05, 0.1) is 17.4 Å². The third kappa shape index (κ3) is 8.85. The second-order valence-corrected chi connectivity index (χ2v) is 14.0. The molecule has 47 heavy (non-hydrogen) atoms. The van der Waals surface area contributed by atoms with Crippen molar-refractivity contribution in [1.29, 1.82) is 0 Å². The molecule has 3 N–H and O–H groups in total. The van der Waals surface area contributed by atoms with E-state index in [9.17, 15) is 29.4 Å². The van der Waals surface area contributed by atoms with E-state index in [1.54, 1.807) is 28.0 Å². The number of rotatable bonds is 11. The number of carboxylic acid groups (broad SMARTS) is 2. The van der Waals surface area contributed by atoms with E-state index in [1.807, 2.05) is 51.1 Å². The molecule has 1 saturated carbocycles. The van der Waals surface area contributed by atoms with Crippen molar-refractivity contribution >= 4 is 47.1 Å². The van der Waals surface area contributed by atoms with Crippen LogP contribution in [-0.2, 0) is 19.1 Å². The Kier molecular flexibility index (Phi) is 10.4. The number of piperidine rings is 1. The fourth-order valence-corrected chi connectivity index (χ4v) is 6.67. The summed E-state index contributed by atoms with van der Waals surface area (Å²) in [4.78, 5) is 54.7. The maximum absolute atomic E-state index is 14.8. The number of amides is 2. The van der Waals surface area contributed by atoms with Gasteiger partial charge < -0.3 is 30.1 Å². The molecule has 248 valence electrons. The molecule has 2 fully saturated rings. The molecule has 3 aromatic carbocycles. The van der Waals surface area contributed by atoms with E-state index in [2.05, 4.69) is 29.6 Å². The topological polar surface area (TPSA) is 136 Å². The number of aliphatic carboxylic acids is 2. The molecule has 0 bridgehead atoms. The van der Waals surface area contributed by atoms with Crippen molar-refractivity contribution in [3.8, 4) is 11.1 Å². The molecule has 2 amide bonds. The number of carbonyl (C=O) groups excluding carboxylic acids is 2.